The van der Waals surface area contributed by atoms with Gasteiger partial charge in [0.1, 0.15) is 5.82 Å². The van der Waals surface area contributed by atoms with Crippen molar-refractivity contribution in [3.05, 3.63) is 28.8 Å². The number of nitrogens with one attached hydrogen (secondary N) is 1. The molecule has 7 heteroatoms. The van der Waals surface area contributed by atoms with Crippen LogP contribution in [-0.2, 0) is 18.2 Å². The lowest BCUT2D eigenvalue weighted by Gasteiger charge is -2.09. The quantitative estimate of drug-likeness (QED) is 0.742. The molecule has 0 saturated carbocycles. The highest BCUT2D eigenvalue weighted by molar-refractivity contribution is 5.95. The van der Waals surface area contributed by atoms with Crippen LogP contribution in [0.1, 0.15) is 47.2 Å². The Morgan fingerprint density at radius 2 is 2.12 bits per heavy atom. The Hall–Kier alpha value is -2.28. The monoisotopic (exact) mass is 345 g/mol. The van der Waals surface area contributed by atoms with Gasteiger partial charge in [-0.05, 0) is 32.3 Å². The summed E-state index contributed by atoms with van der Waals surface area (Å²) in [7, 11) is 3.51. The summed E-state index contributed by atoms with van der Waals surface area (Å²) in [5.41, 5.74) is 4.12. The minimum absolute atomic E-state index is 0.148. The Morgan fingerprint density at radius 1 is 1.36 bits per heavy atom. The molecule has 1 amide bonds. The third-order valence-corrected chi connectivity index (χ3v) is 3.99. The molecule has 0 unspecified atom stereocenters. The molecule has 0 aromatic carbocycles. The Bertz CT molecular complexity index is 739. The molecule has 0 fully saturated rings. The Balaban J connectivity index is 2.40. The maximum Gasteiger partial charge on any atom is 0.272 e. The molecule has 0 atom stereocenters. The first-order valence-electron chi connectivity index (χ1n) is 8.63. The molecule has 136 valence electrons. The average Bonchev–Trinajstić information content (AvgIpc) is 2.90. The van der Waals surface area contributed by atoms with Gasteiger partial charge in [0.15, 0.2) is 5.69 Å². The van der Waals surface area contributed by atoms with Crippen molar-refractivity contribution >= 4 is 5.91 Å². The molecule has 1 N–H and O–H groups in total. The lowest BCUT2D eigenvalue weighted by Crippen LogP contribution is -2.26. The molecule has 0 bridgehead atoms. The van der Waals surface area contributed by atoms with Gasteiger partial charge in [-0.1, -0.05) is 13.3 Å². The molecule has 2 aromatic rings. The Kier molecular flexibility index (Phi) is 6.64. The number of methoxy groups -OCH3 is 1. The van der Waals surface area contributed by atoms with Crippen molar-refractivity contribution in [2.75, 3.05) is 20.3 Å². The SMILES string of the molecule is CCCc1c(C(=O)NCCCOC)nn(C)c1-c1nc(C)ncc1C. The first kappa shape index (κ1) is 19.1. The number of aromatic nitrogens is 4. The number of carbonyl (C=O) groups excluding carboxylic acids is 1. The van der Waals surface area contributed by atoms with Crippen molar-refractivity contribution in [3.63, 3.8) is 0 Å². The molecule has 0 spiro atoms. The molecule has 7 nitrogen and oxygen atoms in total. The van der Waals surface area contributed by atoms with Crippen LogP contribution in [0.25, 0.3) is 11.4 Å². The van der Waals surface area contributed by atoms with E-state index in [0.717, 1.165) is 41.8 Å². The number of hydrogen-bond acceptors (Lipinski definition) is 5. The minimum Gasteiger partial charge on any atom is -0.385 e. The predicted molar refractivity (Wildman–Crippen MR) is 96.5 cm³/mol. The van der Waals surface area contributed by atoms with Crippen LogP contribution in [0.15, 0.2) is 6.20 Å². The van der Waals surface area contributed by atoms with E-state index in [4.69, 9.17) is 4.74 Å². The second-order valence-electron chi connectivity index (χ2n) is 6.10. The maximum atomic E-state index is 12.6. The highest BCUT2D eigenvalue weighted by Gasteiger charge is 2.23. The van der Waals surface area contributed by atoms with Gasteiger partial charge in [-0.25, -0.2) is 9.97 Å². The molecule has 0 radical (unpaired) electrons. The van der Waals surface area contributed by atoms with Crippen LogP contribution >= 0.6 is 0 Å². The molecule has 2 rings (SSSR count). The van der Waals surface area contributed by atoms with Gasteiger partial charge in [-0.2, -0.15) is 5.10 Å². The number of carbonyl (C=O) groups is 1. The summed E-state index contributed by atoms with van der Waals surface area (Å²) in [5, 5.41) is 7.41. The number of rotatable bonds is 8. The van der Waals surface area contributed by atoms with Crippen LogP contribution in [0.2, 0.25) is 0 Å². The molecular formula is C18H27N5O2. The third-order valence-electron chi connectivity index (χ3n) is 3.99. The van der Waals surface area contributed by atoms with Crippen molar-refractivity contribution in [2.45, 2.75) is 40.0 Å². The number of hydrogen-bond donors (Lipinski definition) is 1. The predicted octanol–water partition coefficient (Wildman–Crippen LogP) is 2.21. The molecule has 2 heterocycles. The summed E-state index contributed by atoms with van der Waals surface area (Å²) in [6.45, 7) is 7.12. The largest absolute Gasteiger partial charge is 0.385 e. The number of nitrogens with zero attached hydrogens (tertiary/aromatic N) is 4. The Morgan fingerprint density at radius 3 is 2.80 bits per heavy atom. The highest BCUT2D eigenvalue weighted by Crippen LogP contribution is 2.28. The molecule has 0 aliphatic carbocycles. The zero-order valence-corrected chi connectivity index (χ0v) is 15.7. The average molecular weight is 345 g/mol. The van der Waals surface area contributed by atoms with Gasteiger partial charge in [-0.15, -0.1) is 0 Å². The summed E-state index contributed by atoms with van der Waals surface area (Å²) in [4.78, 5) is 21.4. The zero-order valence-electron chi connectivity index (χ0n) is 15.7. The zero-order chi connectivity index (χ0) is 18.4. The molecule has 2 aromatic heterocycles. The van der Waals surface area contributed by atoms with E-state index < -0.39 is 0 Å². The normalized spacial score (nSPS) is 10.9. The first-order valence-corrected chi connectivity index (χ1v) is 8.63. The van der Waals surface area contributed by atoms with E-state index in [1.54, 1.807) is 11.8 Å². The summed E-state index contributed by atoms with van der Waals surface area (Å²) in [6, 6.07) is 0. The molecular weight excluding hydrogens is 318 g/mol. The van der Waals surface area contributed by atoms with E-state index in [-0.39, 0.29) is 5.91 Å². The van der Waals surface area contributed by atoms with Crippen LogP contribution < -0.4 is 5.32 Å². The standard InChI is InChI=1S/C18H27N5O2/c1-6-8-14-16(18(24)19-9-7-10-25-5)22-23(4)17(14)15-12(2)11-20-13(3)21-15/h11H,6-10H2,1-5H3,(H,19,24). The fraction of sp³-hybridized carbons (Fsp3) is 0.556. The highest BCUT2D eigenvalue weighted by atomic mass is 16.5. The topological polar surface area (TPSA) is 81.9 Å². The summed E-state index contributed by atoms with van der Waals surface area (Å²) in [5.74, 6) is 0.555. The fourth-order valence-electron chi connectivity index (χ4n) is 2.81. The lowest BCUT2D eigenvalue weighted by molar-refractivity contribution is 0.0942. The van der Waals surface area contributed by atoms with Gasteiger partial charge in [-0.3, -0.25) is 9.48 Å². The van der Waals surface area contributed by atoms with Crippen LogP contribution in [0.4, 0.5) is 0 Å². The summed E-state index contributed by atoms with van der Waals surface area (Å²) < 4.78 is 6.77. The van der Waals surface area contributed by atoms with Crippen molar-refractivity contribution in [1.82, 2.24) is 25.1 Å². The van der Waals surface area contributed by atoms with Crippen LogP contribution in [0, 0.1) is 13.8 Å². The maximum absolute atomic E-state index is 12.6. The second kappa shape index (κ2) is 8.71. The van der Waals surface area contributed by atoms with E-state index in [1.165, 1.54) is 0 Å². The smallest absolute Gasteiger partial charge is 0.272 e. The van der Waals surface area contributed by atoms with E-state index in [2.05, 4.69) is 27.3 Å². The molecule has 0 aliphatic rings. The summed E-state index contributed by atoms with van der Waals surface area (Å²) in [6.07, 6.45) is 4.28. The first-order chi connectivity index (χ1) is 12.0. The molecule has 0 aliphatic heterocycles. The van der Waals surface area contributed by atoms with Crippen molar-refractivity contribution in [3.8, 4) is 11.4 Å². The van der Waals surface area contributed by atoms with Gasteiger partial charge in [0.05, 0.1) is 11.4 Å². The fourth-order valence-corrected chi connectivity index (χ4v) is 2.81. The van der Waals surface area contributed by atoms with Crippen molar-refractivity contribution in [1.29, 1.82) is 0 Å². The van der Waals surface area contributed by atoms with Gasteiger partial charge in [0, 0.05) is 39.1 Å². The summed E-state index contributed by atoms with van der Waals surface area (Å²) >= 11 is 0. The third kappa shape index (κ3) is 4.42. The lowest BCUT2D eigenvalue weighted by atomic mass is 10.0. The van der Waals surface area contributed by atoms with Crippen LogP contribution in [-0.4, -0.2) is 45.9 Å². The van der Waals surface area contributed by atoms with Gasteiger partial charge in [0.25, 0.3) is 5.91 Å². The van der Waals surface area contributed by atoms with Gasteiger partial charge in [0.2, 0.25) is 0 Å². The van der Waals surface area contributed by atoms with Crippen molar-refractivity contribution < 1.29 is 9.53 Å². The van der Waals surface area contributed by atoms with E-state index in [9.17, 15) is 4.79 Å². The Labute approximate surface area is 148 Å². The minimum atomic E-state index is -0.148. The van der Waals surface area contributed by atoms with Gasteiger partial charge >= 0.3 is 0 Å². The molecule has 0 saturated heterocycles. The van der Waals surface area contributed by atoms with Gasteiger partial charge < -0.3 is 10.1 Å². The number of ether oxygens (including phenoxy) is 1. The van der Waals surface area contributed by atoms with E-state index >= 15 is 0 Å². The van der Waals surface area contributed by atoms with E-state index in [1.807, 2.05) is 27.1 Å². The van der Waals surface area contributed by atoms with E-state index in [0.29, 0.717) is 24.7 Å². The number of amides is 1. The van der Waals surface area contributed by atoms with Crippen LogP contribution in [0.5, 0.6) is 0 Å². The number of aryl methyl sites for hydroxylation is 3. The second-order valence-corrected chi connectivity index (χ2v) is 6.10. The van der Waals surface area contributed by atoms with Crippen molar-refractivity contribution in [2.24, 2.45) is 7.05 Å². The molecule has 25 heavy (non-hydrogen) atoms. The van der Waals surface area contributed by atoms with Crippen LogP contribution in [0.3, 0.4) is 0 Å².